The molecule has 1 unspecified atom stereocenters. The van der Waals surface area contributed by atoms with Gasteiger partial charge in [0.1, 0.15) is 6.10 Å². The third-order valence-electron chi connectivity index (χ3n) is 8.02. The number of fused-ring (bicyclic) bond motifs is 3. The minimum Gasteiger partial charge on any atom is -0.356 e. The van der Waals surface area contributed by atoms with Crippen LogP contribution in [0.4, 0.5) is 0 Å². The number of H-pyrrole nitrogens is 1. The maximum Gasteiger partial charge on any atom is 0.201 e. The summed E-state index contributed by atoms with van der Waals surface area (Å²) in [6.07, 6.45) is 3.85. The Kier molecular flexibility index (Phi) is 3.63. The zero-order chi connectivity index (χ0) is 19.1. The van der Waals surface area contributed by atoms with E-state index < -0.39 is 11.4 Å². The van der Waals surface area contributed by atoms with Crippen molar-refractivity contribution in [1.29, 1.82) is 0 Å². The molecule has 5 aliphatic rings. The van der Waals surface area contributed by atoms with Crippen molar-refractivity contribution in [2.45, 2.75) is 70.2 Å². The van der Waals surface area contributed by atoms with Crippen molar-refractivity contribution in [1.82, 2.24) is 4.98 Å². The molecule has 4 saturated heterocycles. The topological polar surface area (TPSA) is 52.7 Å². The summed E-state index contributed by atoms with van der Waals surface area (Å²) in [6.45, 7) is 6.64. The lowest BCUT2D eigenvalue weighted by atomic mass is 9.57. The first kappa shape index (κ1) is 17.5. The molecule has 5 nitrogen and oxygen atoms in total. The van der Waals surface area contributed by atoms with E-state index in [2.05, 4.69) is 49.2 Å². The quantitative estimate of drug-likeness (QED) is 0.697. The molecule has 28 heavy (non-hydrogen) atoms. The fraction of sp³-hybridized carbons (Fsp3) is 0.652. The van der Waals surface area contributed by atoms with Crippen molar-refractivity contribution in [2.75, 3.05) is 0 Å². The molecule has 4 aliphatic heterocycles. The Balaban J connectivity index is 1.44. The normalized spacial score (nSPS) is 47.7. The SMILES string of the molecule is C[C@@H]1CC[C@H]2[C@@H](C)C(c3cc4ccccc4[nH]3)O[C@@H]3O[C@@]4(C)CC[C@@H]1[C@]32OO4. The van der Waals surface area contributed by atoms with Gasteiger partial charge in [0.15, 0.2) is 11.9 Å². The lowest BCUT2D eigenvalue weighted by Gasteiger charge is -2.60. The van der Waals surface area contributed by atoms with Crippen LogP contribution < -0.4 is 0 Å². The van der Waals surface area contributed by atoms with Gasteiger partial charge in [0.05, 0.1) is 0 Å². The lowest BCUT2D eigenvalue weighted by molar-refractivity contribution is -0.571. The molecule has 5 heterocycles. The van der Waals surface area contributed by atoms with Gasteiger partial charge in [-0.25, -0.2) is 9.78 Å². The summed E-state index contributed by atoms with van der Waals surface area (Å²) < 4.78 is 13.2. The van der Waals surface area contributed by atoms with E-state index in [-0.39, 0.29) is 12.4 Å². The second-order valence-electron chi connectivity index (χ2n) is 9.64. The highest BCUT2D eigenvalue weighted by Gasteiger charge is 2.69. The Morgan fingerprint density at radius 3 is 2.75 bits per heavy atom. The van der Waals surface area contributed by atoms with Crippen molar-refractivity contribution in [3.05, 3.63) is 36.0 Å². The first-order valence-electron chi connectivity index (χ1n) is 10.8. The third kappa shape index (κ3) is 2.22. The predicted octanol–water partition coefficient (Wildman–Crippen LogP) is 5.09. The van der Waals surface area contributed by atoms with Gasteiger partial charge in [0.2, 0.25) is 5.79 Å². The van der Waals surface area contributed by atoms with Crippen molar-refractivity contribution in [3.63, 3.8) is 0 Å². The molecular formula is C23H29NO4. The highest BCUT2D eigenvalue weighted by molar-refractivity contribution is 5.80. The van der Waals surface area contributed by atoms with Crippen LogP contribution in [0, 0.1) is 23.7 Å². The molecular weight excluding hydrogens is 354 g/mol. The van der Waals surface area contributed by atoms with Gasteiger partial charge in [0.25, 0.3) is 0 Å². The molecule has 1 spiro atoms. The van der Waals surface area contributed by atoms with Crippen molar-refractivity contribution < 1.29 is 19.2 Å². The van der Waals surface area contributed by atoms with Crippen LogP contribution in [0.3, 0.4) is 0 Å². The molecule has 2 aromatic rings. The van der Waals surface area contributed by atoms with Gasteiger partial charge in [0, 0.05) is 23.5 Å². The molecule has 1 aromatic carbocycles. The Bertz CT molecular complexity index is 878. The molecule has 150 valence electrons. The van der Waals surface area contributed by atoms with Gasteiger partial charge in [-0.15, -0.1) is 0 Å². The number of nitrogens with one attached hydrogen (secondary N) is 1. The number of ether oxygens (including phenoxy) is 2. The summed E-state index contributed by atoms with van der Waals surface area (Å²) in [7, 11) is 0. The number of hydrogen-bond donors (Lipinski definition) is 1. The maximum atomic E-state index is 6.71. The van der Waals surface area contributed by atoms with E-state index in [0.717, 1.165) is 30.5 Å². The average molecular weight is 383 g/mol. The smallest absolute Gasteiger partial charge is 0.201 e. The van der Waals surface area contributed by atoms with Crippen molar-refractivity contribution >= 4 is 10.9 Å². The van der Waals surface area contributed by atoms with Gasteiger partial charge >= 0.3 is 0 Å². The van der Waals surface area contributed by atoms with E-state index in [0.29, 0.717) is 23.7 Å². The number of benzene rings is 1. The van der Waals surface area contributed by atoms with E-state index in [1.54, 1.807) is 0 Å². The fourth-order valence-corrected chi connectivity index (χ4v) is 6.51. The summed E-state index contributed by atoms with van der Waals surface area (Å²) in [5.41, 5.74) is 1.79. The summed E-state index contributed by atoms with van der Waals surface area (Å²) in [6, 6.07) is 10.6. The lowest BCUT2D eigenvalue weighted by Crippen LogP contribution is -2.69. The Hall–Kier alpha value is -1.40. The zero-order valence-corrected chi connectivity index (χ0v) is 16.8. The third-order valence-corrected chi connectivity index (χ3v) is 8.02. The monoisotopic (exact) mass is 383 g/mol. The molecule has 2 bridgehead atoms. The van der Waals surface area contributed by atoms with Gasteiger partial charge in [-0.3, -0.25) is 0 Å². The van der Waals surface area contributed by atoms with E-state index in [4.69, 9.17) is 19.2 Å². The first-order valence-corrected chi connectivity index (χ1v) is 10.8. The molecule has 0 radical (unpaired) electrons. The minimum absolute atomic E-state index is 0.0337. The molecule has 1 N–H and O–H groups in total. The van der Waals surface area contributed by atoms with Crippen LogP contribution in [0.1, 0.15) is 58.3 Å². The second-order valence-corrected chi connectivity index (χ2v) is 9.64. The molecule has 1 aromatic heterocycles. The second kappa shape index (κ2) is 5.82. The maximum absolute atomic E-state index is 6.71. The molecule has 1 saturated carbocycles. The van der Waals surface area contributed by atoms with Crippen LogP contribution in [-0.4, -0.2) is 22.7 Å². The van der Waals surface area contributed by atoms with Gasteiger partial charge < -0.3 is 14.5 Å². The average Bonchev–Trinajstić information content (AvgIpc) is 2.99. The van der Waals surface area contributed by atoms with Crippen LogP contribution in [-0.2, 0) is 19.2 Å². The fourth-order valence-electron chi connectivity index (χ4n) is 6.51. The van der Waals surface area contributed by atoms with E-state index in [9.17, 15) is 0 Å². The highest BCUT2D eigenvalue weighted by Crippen LogP contribution is 2.62. The standard InChI is InChI=1S/C23H29NO4/c1-13-8-9-17-14(2)20(19-12-15-6-4-5-7-18(15)24-19)25-21-23(17)16(13)10-11-22(3,26-21)27-28-23/h4-7,12-14,16-17,20-21,24H,8-11H2,1-3H3/t13-,14-,16+,17+,20?,21-,22-,23-/m1/s1. The van der Waals surface area contributed by atoms with Crippen LogP contribution in [0.5, 0.6) is 0 Å². The Morgan fingerprint density at radius 2 is 1.89 bits per heavy atom. The summed E-state index contributed by atoms with van der Waals surface area (Å²) in [4.78, 5) is 15.7. The van der Waals surface area contributed by atoms with Crippen molar-refractivity contribution in [2.24, 2.45) is 23.7 Å². The molecule has 1 aliphatic carbocycles. The molecule has 0 amide bonds. The summed E-state index contributed by atoms with van der Waals surface area (Å²) in [5, 5.41) is 1.22. The zero-order valence-electron chi connectivity index (χ0n) is 16.8. The van der Waals surface area contributed by atoms with Crippen LogP contribution in [0.25, 0.3) is 10.9 Å². The van der Waals surface area contributed by atoms with Gasteiger partial charge in [-0.1, -0.05) is 32.0 Å². The minimum atomic E-state index is -0.719. The number of para-hydroxylation sites is 1. The van der Waals surface area contributed by atoms with Crippen LogP contribution in [0.2, 0.25) is 0 Å². The van der Waals surface area contributed by atoms with E-state index in [1.165, 1.54) is 11.8 Å². The number of aromatic nitrogens is 1. The van der Waals surface area contributed by atoms with Gasteiger partial charge in [-0.2, -0.15) is 0 Å². The number of hydrogen-bond acceptors (Lipinski definition) is 4. The van der Waals surface area contributed by atoms with E-state index in [1.807, 2.05) is 6.92 Å². The molecule has 8 atom stereocenters. The van der Waals surface area contributed by atoms with Crippen molar-refractivity contribution in [3.8, 4) is 0 Å². The van der Waals surface area contributed by atoms with Gasteiger partial charge in [-0.05, 0) is 61.5 Å². The summed E-state index contributed by atoms with van der Waals surface area (Å²) in [5.74, 6) is 0.947. The Morgan fingerprint density at radius 1 is 1.04 bits per heavy atom. The number of aromatic amines is 1. The highest BCUT2D eigenvalue weighted by atomic mass is 17.3. The Labute approximate surface area is 165 Å². The molecule has 7 rings (SSSR count). The summed E-state index contributed by atoms with van der Waals surface area (Å²) >= 11 is 0. The van der Waals surface area contributed by atoms with Crippen LogP contribution in [0.15, 0.2) is 30.3 Å². The van der Waals surface area contributed by atoms with Crippen LogP contribution >= 0.6 is 0 Å². The molecule has 5 heteroatoms. The number of rotatable bonds is 1. The first-order chi connectivity index (χ1) is 13.5. The van der Waals surface area contributed by atoms with E-state index >= 15 is 0 Å². The molecule has 5 fully saturated rings. The predicted molar refractivity (Wildman–Crippen MR) is 104 cm³/mol. The largest absolute Gasteiger partial charge is 0.356 e.